The smallest absolute Gasteiger partial charge is 0.243 e. The van der Waals surface area contributed by atoms with E-state index >= 15 is 0 Å². The first kappa shape index (κ1) is 20.7. The summed E-state index contributed by atoms with van der Waals surface area (Å²) in [6.45, 7) is 3.58. The van der Waals surface area contributed by atoms with E-state index in [0.29, 0.717) is 5.02 Å². The van der Waals surface area contributed by atoms with Gasteiger partial charge in [-0.25, -0.2) is 4.98 Å². The fraction of sp³-hybridized carbons (Fsp3) is 0.417. The number of halogens is 1. The van der Waals surface area contributed by atoms with E-state index in [2.05, 4.69) is 34.1 Å². The van der Waals surface area contributed by atoms with Crippen LogP contribution in [0.15, 0.2) is 48.5 Å². The van der Waals surface area contributed by atoms with Crippen LogP contribution in [-0.4, -0.2) is 41.0 Å². The topological polar surface area (TPSA) is 62.5 Å². The first-order valence-corrected chi connectivity index (χ1v) is 12.2. The Hall–Kier alpha value is -2.15. The summed E-state index contributed by atoms with van der Waals surface area (Å²) in [6, 6.07) is 16.3. The first-order valence-electron chi connectivity index (χ1n) is 11.0. The van der Waals surface area contributed by atoms with Crippen molar-refractivity contribution < 1.29 is 4.79 Å². The second-order valence-corrected chi connectivity index (χ2v) is 10.2. The number of benzene rings is 2. The van der Waals surface area contributed by atoms with E-state index in [1.165, 1.54) is 5.56 Å². The number of rotatable bonds is 5. The van der Waals surface area contributed by atoms with Crippen LogP contribution >= 0.6 is 22.9 Å². The van der Waals surface area contributed by atoms with Gasteiger partial charge in [-0.3, -0.25) is 9.69 Å². The molecule has 31 heavy (non-hydrogen) atoms. The molecule has 2 aliphatic rings. The van der Waals surface area contributed by atoms with Crippen molar-refractivity contribution in [3.8, 4) is 0 Å². The van der Waals surface area contributed by atoms with Gasteiger partial charge in [-0.15, -0.1) is 0 Å². The minimum Gasteiger partial charge on any atom is -0.368 e. The minimum atomic E-state index is -0.679. The van der Waals surface area contributed by atoms with E-state index in [-0.39, 0.29) is 11.8 Å². The second-order valence-electron chi connectivity index (χ2n) is 8.71. The van der Waals surface area contributed by atoms with E-state index in [9.17, 15) is 4.79 Å². The molecule has 0 aliphatic carbocycles. The zero-order valence-electron chi connectivity index (χ0n) is 17.5. The van der Waals surface area contributed by atoms with Gasteiger partial charge in [-0.05, 0) is 56.0 Å². The first-order chi connectivity index (χ1) is 15.1. The maximum absolute atomic E-state index is 13.1. The molecule has 3 aromatic rings. The summed E-state index contributed by atoms with van der Waals surface area (Å²) < 4.78 is 1.04. The third kappa shape index (κ3) is 3.81. The Morgan fingerprint density at radius 2 is 2.03 bits per heavy atom. The van der Waals surface area contributed by atoms with Gasteiger partial charge in [0.2, 0.25) is 5.91 Å². The SMILES string of the molecule is NC(=O)C1([C@H]2CCN(Cc3ccccc3)C2)CCCCN1c1nc2ccc(Cl)cc2s1. The number of hydrogen-bond acceptors (Lipinski definition) is 5. The highest BCUT2D eigenvalue weighted by molar-refractivity contribution is 7.22. The molecule has 0 spiro atoms. The standard InChI is InChI=1S/C24H27ClN4OS/c25-19-8-9-20-21(14-19)31-23(27-20)29-12-5-4-11-24(29,22(26)30)18-10-13-28(16-18)15-17-6-2-1-3-7-17/h1-3,6-9,14,18H,4-5,10-13,15-16H2,(H2,26,30)/t18-,24?/m0/s1. The summed E-state index contributed by atoms with van der Waals surface area (Å²) in [7, 11) is 0. The van der Waals surface area contributed by atoms with Crippen molar-refractivity contribution in [2.45, 2.75) is 37.8 Å². The van der Waals surface area contributed by atoms with Gasteiger partial charge in [0.25, 0.3) is 0 Å². The summed E-state index contributed by atoms with van der Waals surface area (Å²) in [6.07, 6.45) is 3.84. The van der Waals surface area contributed by atoms with Crippen molar-refractivity contribution in [2.24, 2.45) is 11.7 Å². The van der Waals surface area contributed by atoms with Gasteiger partial charge in [-0.2, -0.15) is 0 Å². The second kappa shape index (κ2) is 8.41. The lowest BCUT2D eigenvalue weighted by molar-refractivity contribution is -0.126. The van der Waals surface area contributed by atoms with Crippen molar-refractivity contribution in [3.63, 3.8) is 0 Å². The predicted molar refractivity (Wildman–Crippen MR) is 128 cm³/mol. The van der Waals surface area contributed by atoms with Crippen LogP contribution in [0.2, 0.25) is 5.02 Å². The molecule has 2 atom stereocenters. The fourth-order valence-corrected chi connectivity index (χ4v) is 6.70. The molecule has 0 bridgehead atoms. The molecule has 5 rings (SSSR count). The Kier molecular flexibility index (Phi) is 5.63. The zero-order chi connectivity index (χ0) is 21.4. The van der Waals surface area contributed by atoms with E-state index in [1.807, 2.05) is 24.3 Å². The Labute approximate surface area is 191 Å². The molecule has 0 radical (unpaired) electrons. The highest BCUT2D eigenvalue weighted by Gasteiger charge is 2.52. The van der Waals surface area contributed by atoms with Crippen LogP contribution < -0.4 is 10.6 Å². The number of fused-ring (bicyclic) bond motifs is 1. The lowest BCUT2D eigenvalue weighted by Gasteiger charge is -2.48. The van der Waals surface area contributed by atoms with Crippen molar-refractivity contribution >= 4 is 44.2 Å². The molecule has 1 aromatic heterocycles. The Morgan fingerprint density at radius 3 is 2.84 bits per heavy atom. The van der Waals surface area contributed by atoms with Gasteiger partial charge < -0.3 is 10.6 Å². The van der Waals surface area contributed by atoms with E-state index in [1.54, 1.807) is 11.3 Å². The molecule has 0 saturated carbocycles. The molecule has 2 aromatic carbocycles. The molecule has 1 unspecified atom stereocenters. The molecule has 5 nitrogen and oxygen atoms in total. The normalized spacial score (nSPS) is 24.7. The summed E-state index contributed by atoms with van der Waals surface area (Å²) in [4.78, 5) is 22.7. The zero-order valence-corrected chi connectivity index (χ0v) is 19.0. The monoisotopic (exact) mass is 454 g/mol. The van der Waals surface area contributed by atoms with Gasteiger partial charge in [0.05, 0.1) is 10.2 Å². The largest absolute Gasteiger partial charge is 0.368 e. The lowest BCUT2D eigenvalue weighted by Crippen LogP contribution is -2.64. The quantitative estimate of drug-likeness (QED) is 0.607. The average Bonchev–Trinajstić information content (AvgIpc) is 3.41. The van der Waals surface area contributed by atoms with Crippen LogP contribution in [0, 0.1) is 5.92 Å². The third-order valence-corrected chi connectivity index (χ3v) is 8.14. The average molecular weight is 455 g/mol. The summed E-state index contributed by atoms with van der Waals surface area (Å²) in [5.41, 5.74) is 7.73. The highest BCUT2D eigenvalue weighted by atomic mass is 35.5. The minimum absolute atomic E-state index is 0.199. The number of nitrogens with zero attached hydrogens (tertiary/aromatic N) is 3. The molecule has 2 aliphatic heterocycles. The molecule has 162 valence electrons. The number of anilines is 1. The number of primary amides is 1. The highest BCUT2D eigenvalue weighted by Crippen LogP contribution is 2.44. The van der Waals surface area contributed by atoms with Crippen LogP contribution in [0.5, 0.6) is 0 Å². The number of thiazole rings is 1. The number of likely N-dealkylation sites (tertiary alicyclic amines) is 1. The Balaban J connectivity index is 1.45. The number of hydrogen-bond donors (Lipinski definition) is 1. The Morgan fingerprint density at radius 1 is 1.19 bits per heavy atom. The molecular formula is C24H27ClN4OS. The lowest BCUT2D eigenvalue weighted by atomic mass is 9.75. The van der Waals surface area contributed by atoms with E-state index in [4.69, 9.17) is 22.3 Å². The van der Waals surface area contributed by atoms with Crippen molar-refractivity contribution in [1.29, 1.82) is 0 Å². The summed E-state index contributed by atoms with van der Waals surface area (Å²) in [5.74, 6) is -0.0133. The number of aromatic nitrogens is 1. The van der Waals surface area contributed by atoms with Crippen LogP contribution in [0.4, 0.5) is 5.13 Å². The molecular weight excluding hydrogens is 428 g/mol. The van der Waals surface area contributed by atoms with Crippen molar-refractivity contribution in [2.75, 3.05) is 24.5 Å². The predicted octanol–water partition coefficient (Wildman–Crippen LogP) is 4.69. The van der Waals surface area contributed by atoms with Gasteiger partial charge >= 0.3 is 0 Å². The maximum Gasteiger partial charge on any atom is 0.243 e. The number of carbonyl (C=O) groups excluding carboxylic acids is 1. The molecule has 2 N–H and O–H groups in total. The van der Waals surface area contributed by atoms with Gasteiger partial charge in [0.1, 0.15) is 5.54 Å². The fourth-order valence-electron chi connectivity index (χ4n) is 5.36. The van der Waals surface area contributed by atoms with Crippen LogP contribution in [-0.2, 0) is 11.3 Å². The number of piperidine rings is 1. The van der Waals surface area contributed by atoms with Gasteiger partial charge in [0.15, 0.2) is 5.13 Å². The summed E-state index contributed by atoms with van der Waals surface area (Å²) >= 11 is 7.80. The van der Waals surface area contributed by atoms with Gasteiger partial charge in [0, 0.05) is 30.6 Å². The van der Waals surface area contributed by atoms with Gasteiger partial charge in [-0.1, -0.05) is 53.3 Å². The van der Waals surface area contributed by atoms with E-state index in [0.717, 1.165) is 67.2 Å². The van der Waals surface area contributed by atoms with Crippen LogP contribution in [0.1, 0.15) is 31.2 Å². The van der Waals surface area contributed by atoms with Crippen molar-refractivity contribution in [3.05, 3.63) is 59.1 Å². The molecule has 1 amide bonds. The Bertz CT molecular complexity index is 1090. The van der Waals surface area contributed by atoms with Crippen molar-refractivity contribution in [1.82, 2.24) is 9.88 Å². The maximum atomic E-state index is 13.1. The van der Waals surface area contributed by atoms with Crippen LogP contribution in [0.25, 0.3) is 10.2 Å². The molecule has 7 heteroatoms. The molecule has 2 fully saturated rings. The molecule has 2 saturated heterocycles. The number of nitrogens with two attached hydrogens (primary N) is 1. The number of carbonyl (C=O) groups is 1. The summed E-state index contributed by atoms with van der Waals surface area (Å²) in [5, 5.41) is 1.59. The number of amides is 1. The van der Waals surface area contributed by atoms with E-state index < -0.39 is 5.54 Å². The van der Waals surface area contributed by atoms with Crippen LogP contribution in [0.3, 0.4) is 0 Å². The molecule has 3 heterocycles. The third-order valence-electron chi connectivity index (χ3n) is 6.86.